The third-order valence-corrected chi connectivity index (χ3v) is 9.29. The summed E-state index contributed by atoms with van der Waals surface area (Å²) in [5, 5.41) is 4.17. The summed E-state index contributed by atoms with van der Waals surface area (Å²) in [6, 6.07) is 9.93. The topological polar surface area (TPSA) is 84.7 Å². The Morgan fingerprint density at radius 3 is 2.26 bits per heavy atom. The van der Waals surface area contributed by atoms with E-state index in [1.165, 1.54) is 10.5 Å². The summed E-state index contributed by atoms with van der Waals surface area (Å²) in [4.78, 5) is 15.3. The van der Waals surface area contributed by atoms with Gasteiger partial charge in [0.1, 0.15) is 17.3 Å². The van der Waals surface area contributed by atoms with Crippen molar-refractivity contribution in [1.82, 2.24) is 14.1 Å². The van der Waals surface area contributed by atoms with Gasteiger partial charge in [-0.05, 0) is 42.7 Å². The Morgan fingerprint density at radius 2 is 1.66 bits per heavy atom. The lowest BCUT2D eigenvalue weighted by atomic mass is 10.2. The second kappa shape index (κ2) is 10.4. The molecule has 0 amide bonds. The molecule has 3 aromatic rings. The maximum atomic E-state index is 13.8. The van der Waals surface area contributed by atoms with Gasteiger partial charge in [0.05, 0.1) is 24.2 Å². The average molecular weight is 609 g/mol. The maximum absolute atomic E-state index is 13.8. The van der Waals surface area contributed by atoms with Crippen molar-refractivity contribution in [1.29, 1.82) is 0 Å². The van der Waals surface area contributed by atoms with Crippen LogP contribution in [0.4, 0.5) is 14.5 Å². The molecule has 202 valence electrons. The lowest BCUT2D eigenvalue weighted by Gasteiger charge is -2.35. The lowest BCUT2D eigenvalue weighted by molar-refractivity contribution is 0.242. The monoisotopic (exact) mass is 608 g/mol. The van der Waals surface area contributed by atoms with E-state index in [9.17, 15) is 22.0 Å². The number of hydrogen-bond donors (Lipinski definition) is 0. The minimum absolute atomic E-state index is 0.0252. The minimum Gasteiger partial charge on any atom is -0.486 e. The Morgan fingerprint density at radius 1 is 1.03 bits per heavy atom. The molecule has 0 unspecified atom stereocenters. The molecule has 0 bridgehead atoms. The van der Waals surface area contributed by atoms with Crippen molar-refractivity contribution in [3.05, 3.63) is 80.7 Å². The number of benzene rings is 2. The SMILES string of the molecule is CC1(COc2c(N3CCN(S(=O)(=O)Cc4ccc(Br)cc4)CC3)cnn(-c3cc(F)cc(F)c3)c2=O)CC1. The van der Waals surface area contributed by atoms with E-state index in [-0.39, 0.29) is 35.7 Å². The summed E-state index contributed by atoms with van der Waals surface area (Å²) < 4.78 is 63.0. The van der Waals surface area contributed by atoms with Crippen LogP contribution in [0.3, 0.4) is 0 Å². The molecule has 1 saturated heterocycles. The van der Waals surface area contributed by atoms with Crippen molar-refractivity contribution in [3.8, 4) is 11.4 Å². The van der Waals surface area contributed by atoms with Gasteiger partial charge in [0.15, 0.2) is 0 Å². The molecule has 2 aliphatic rings. The Balaban J connectivity index is 1.38. The van der Waals surface area contributed by atoms with E-state index in [1.807, 2.05) is 4.90 Å². The van der Waals surface area contributed by atoms with Crippen molar-refractivity contribution < 1.29 is 21.9 Å². The molecule has 1 saturated carbocycles. The van der Waals surface area contributed by atoms with Crippen molar-refractivity contribution in [2.75, 3.05) is 37.7 Å². The van der Waals surface area contributed by atoms with Crippen LogP contribution in [0.1, 0.15) is 25.3 Å². The van der Waals surface area contributed by atoms with Crippen LogP contribution in [0.15, 0.2) is 57.9 Å². The summed E-state index contributed by atoms with van der Waals surface area (Å²) in [6.45, 7) is 3.49. The number of halogens is 3. The number of nitrogens with zero attached hydrogens (tertiary/aromatic N) is 4. The molecule has 0 spiro atoms. The highest BCUT2D eigenvalue weighted by Gasteiger charge is 2.39. The zero-order valence-electron chi connectivity index (χ0n) is 20.7. The highest BCUT2D eigenvalue weighted by molar-refractivity contribution is 9.10. The fourth-order valence-corrected chi connectivity index (χ4v) is 6.11. The van der Waals surface area contributed by atoms with Gasteiger partial charge >= 0.3 is 5.56 Å². The third kappa shape index (κ3) is 5.92. The van der Waals surface area contributed by atoms with Gasteiger partial charge in [-0.2, -0.15) is 14.1 Å². The minimum atomic E-state index is -3.54. The summed E-state index contributed by atoms with van der Waals surface area (Å²) >= 11 is 3.35. The summed E-state index contributed by atoms with van der Waals surface area (Å²) in [6.07, 6.45) is 3.39. The lowest BCUT2D eigenvalue weighted by Crippen LogP contribution is -2.49. The van der Waals surface area contributed by atoms with Gasteiger partial charge in [0.25, 0.3) is 0 Å². The smallest absolute Gasteiger partial charge is 0.316 e. The molecule has 2 aromatic carbocycles. The van der Waals surface area contributed by atoms with E-state index in [0.29, 0.717) is 30.9 Å². The highest BCUT2D eigenvalue weighted by atomic mass is 79.9. The van der Waals surface area contributed by atoms with E-state index < -0.39 is 27.2 Å². The quantitative estimate of drug-likeness (QED) is 0.383. The summed E-state index contributed by atoms with van der Waals surface area (Å²) in [5.74, 6) is -1.73. The van der Waals surface area contributed by atoms with Crippen LogP contribution in [-0.4, -0.2) is 55.3 Å². The molecule has 8 nitrogen and oxygen atoms in total. The van der Waals surface area contributed by atoms with Gasteiger partial charge in [-0.25, -0.2) is 17.2 Å². The number of sulfonamides is 1. The molecule has 0 N–H and O–H groups in total. The van der Waals surface area contributed by atoms with Crippen molar-refractivity contribution in [2.45, 2.75) is 25.5 Å². The molecule has 5 rings (SSSR count). The van der Waals surface area contributed by atoms with Gasteiger partial charge < -0.3 is 9.64 Å². The summed E-state index contributed by atoms with van der Waals surface area (Å²) in [7, 11) is -3.54. The predicted molar refractivity (Wildman–Crippen MR) is 143 cm³/mol. The Hall–Kier alpha value is -2.83. The molecular weight excluding hydrogens is 582 g/mol. The van der Waals surface area contributed by atoms with Crippen LogP contribution >= 0.6 is 15.9 Å². The van der Waals surface area contributed by atoms with Crippen LogP contribution in [0.5, 0.6) is 5.75 Å². The first-order valence-corrected chi connectivity index (χ1v) is 14.6. The number of hydrogen-bond acceptors (Lipinski definition) is 6. The number of piperazine rings is 1. The molecule has 1 aliphatic heterocycles. The first kappa shape index (κ1) is 26.8. The molecule has 2 heterocycles. The average Bonchev–Trinajstić information content (AvgIpc) is 3.61. The van der Waals surface area contributed by atoms with Gasteiger partial charge in [-0.3, -0.25) is 4.79 Å². The molecule has 2 fully saturated rings. The molecule has 12 heteroatoms. The standard InChI is InChI=1S/C26H27BrF2N4O4S/c1-26(6-7-26)17-37-24-23(15-30-33(25(24)34)22-13-20(28)12-21(29)14-22)31-8-10-32(11-9-31)38(35,36)16-18-2-4-19(27)5-3-18/h2-5,12-15H,6-11,16-17H2,1H3. The van der Waals surface area contributed by atoms with Gasteiger partial charge in [0.2, 0.25) is 15.8 Å². The van der Waals surface area contributed by atoms with Crippen molar-refractivity contribution >= 4 is 31.6 Å². The van der Waals surface area contributed by atoms with Crippen LogP contribution in [0, 0.1) is 17.0 Å². The van der Waals surface area contributed by atoms with Gasteiger partial charge in [-0.15, -0.1) is 0 Å². The molecule has 1 aromatic heterocycles. The predicted octanol–water partition coefficient (Wildman–Crippen LogP) is 4.10. The molecule has 0 atom stereocenters. The maximum Gasteiger partial charge on any atom is 0.316 e. The zero-order valence-corrected chi connectivity index (χ0v) is 23.1. The van der Waals surface area contributed by atoms with E-state index in [1.54, 1.807) is 24.3 Å². The first-order chi connectivity index (χ1) is 18.0. The second-order valence-electron chi connectivity index (χ2n) is 10.1. The number of aromatic nitrogens is 2. The number of anilines is 1. The van der Waals surface area contributed by atoms with Crippen molar-refractivity contribution in [3.63, 3.8) is 0 Å². The van der Waals surface area contributed by atoms with Gasteiger partial charge in [0, 0.05) is 42.1 Å². The van der Waals surface area contributed by atoms with E-state index >= 15 is 0 Å². The normalized spacial score (nSPS) is 17.4. The number of ether oxygens (including phenoxy) is 1. The Bertz CT molecular complexity index is 1480. The Labute approximate surface area is 228 Å². The number of rotatable bonds is 8. The second-order valence-corrected chi connectivity index (χ2v) is 13.0. The molecule has 1 aliphatic carbocycles. The fraction of sp³-hybridized carbons (Fsp3) is 0.385. The molecule has 38 heavy (non-hydrogen) atoms. The highest BCUT2D eigenvalue weighted by Crippen LogP contribution is 2.45. The van der Waals surface area contributed by atoms with E-state index in [4.69, 9.17) is 4.74 Å². The van der Waals surface area contributed by atoms with E-state index in [0.717, 1.165) is 40.2 Å². The van der Waals surface area contributed by atoms with Crippen LogP contribution in [-0.2, 0) is 15.8 Å². The fourth-order valence-electron chi connectivity index (χ4n) is 4.33. The van der Waals surface area contributed by atoms with E-state index in [2.05, 4.69) is 28.0 Å². The zero-order chi connectivity index (χ0) is 27.1. The molecular formula is C26H27BrF2N4O4S. The third-order valence-electron chi connectivity index (χ3n) is 6.91. The van der Waals surface area contributed by atoms with Crippen LogP contribution in [0.2, 0.25) is 0 Å². The van der Waals surface area contributed by atoms with Crippen LogP contribution < -0.4 is 15.2 Å². The first-order valence-electron chi connectivity index (χ1n) is 12.2. The Kier molecular flexibility index (Phi) is 7.31. The van der Waals surface area contributed by atoms with Gasteiger partial charge in [-0.1, -0.05) is 35.0 Å². The van der Waals surface area contributed by atoms with Crippen molar-refractivity contribution in [2.24, 2.45) is 5.41 Å². The van der Waals surface area contributed by atoms with Crippen LogP contribution in [0.25, 0.3) is 5.69 Å². The molecule has 0 radical (unpaired) electrons. The summed E-state index contributed by atoms with van der Waals surface area (Å²) in [5.41, 5.74) is 0.411. The largest absolute Gasteiger partial charge is 0.486 e.